The van der Waals surface area contributed by atoms with Gasteiger partial charge >= 0.3 is 0 Å². The van der Waals surface area contributed by atoms with Gasteiger partial charge in [0.15, 0.2) is 0 Å². The Kier molecular flexibility index (Phi) is 2.66. The molecule has 4 heteroatoms. The van der Waals surface area contributed by atoms with Crippen LogP contribution in [0.4, 0.5) is 0 Å². The summed E-state index contributed by atoms with van der Waals surface area (Å²) in [7, 11) is 0. The lowest BCUT2D eigenvalue weighted by Gasteiger charge is -2.24. The van der Waals surface area contributed by atoms with Crippen LogP contribution in [0.3, 0.4) is 0 Å². The van der Waals surface area contributed by atoms with E-state index in [1.54, 1.807) is 6.20 Å². The Hall–Kier alpha value is -0.350. The van der Waals surface area contributed by atoms with Gasteiger partial charge in [0.25, 0.3) is 0 Å². The van der Waals surface area contributed by atoms with Crippen molar-refractivity contribution in [1.29, 1.82) is 0 Å². The quantitative estimate of drug-likeness (QED) is 0.722. The van der Waals surface area contributed by atoms with E-state index in [2.05, 4.69) is 15.9 Å². The Morgan fingerprint density at radius 2 is 2.21 bits per heavy atom. The highest BCUT2D eigenvalue weighted by atomic mass is 79.9. The minimum Gasteiger partial charge on any atom is -0.629 e. The maximum Gasteiger partial charge on any atom is 0.109 e. The molecule has 1 N–H and O–H groups in total. The molecule has 0 aliphatic carbocycles. The first-order chi connectivity index (χ1) is 6.58. The molecule has 1 atom stereocenters. The van der Waals surface area contributed by atoms with Crippen molar-refractivity contribution in [3.8, 4) is 0 Å². The van der Waals surface area contributed by atoms with Crippen LogP contribution in [0.5, 0.6) is 0 Å². The maximum atomic E-state index is 11.3. The molecule has 0 saturated carbocycles. The van der Waals surface area contributed by atoms with Crippen LogP contribution < -0.4 is 5.06 Å². The maximum absolute atomic E-state index is 11.3. The number of hydrogen-bond acceptors (Lipinski definition) is 1. The molecule has 1 heterocycles. The average molecular weight is 275 g/mol. The van der Waals surface area contributed by atoms with E-state index in [9.17, 15) is 5.21 Å². The van der Waals surface area contributed by atoms with Gasteiger partial charge in [0.1, 0.15) is 12.7 Å². The zero-order valence-electron chi connectivity index (χ0n) is 7.60. The van der Waals surface area contributed by atoms with Crippen LogP contribution in [0.15, 0.2) is 18.3 Å². The van der Waals surface area contributed by atoms with E-state index in [0.29, 0.717) is 6.54 Å². The molecule has 2 nitrogen and oxygen atoms in total. The molecule has 1 unspecified atom stereocenters. The van der Waals surface area contributed by atoms with E-state index < -0.39 is 0 Å². The normalized spacial score (nSPS) is 20.3. The predicted molar refractivity (Wildman–Crippen MR) is 61.1 cm³/mol. The smallest absolute Gasteiger partial charge is 0.109 e. The van der Waals surface area contributed by atoms with Crippen molar-refractivity contribution in [3.63, 3.8) is 0 Å². The largest absolute Gasteiger partial charge is 0.629 e. The molecular weight excluding hydrogens is 265 g/mol. The molecule has 0 bridgehead atoms. The van der Waals surface area contributed by atoms with Crippen molar-refractivity contribution < 1.29 is 5.06 Å². The van der Waals surface area contributed by atoms with Crippen molar-refractivity contribution in [1.82, 2.24) is 0 Å². The summed E-state index contributed by atoms with van der Waals surface area (Å²) in [6.45, 7) is 2.41. The lowest BCUT2D eigenvalue weighted by atomic mass is 10.0. The van der Waals surface area contributed by atoms with Crippen LogP contribution in [0.2, 0.25) is 5.02 Å². The molecule has 0 saturated heterocycles. The lowest BCUT2D eigenvalue weighted by Crippen LogP contribution is -3.01. The first-order valence-corrected chi connectivity index (χ1v) is 5.44. The minimum atomic E-state index is 0.115. The highest BCUT2D eigenvalue weighted by Gasteiger charge is 2.16. The molecule has 14 heavy (non-hydrogen) atoms. The minimum absolute atomic E-state index is 0.115. The molecule has 0 fully saturated rings. The first kappa shape index (κ1) is 10.2. The van der Waals surface area contributed by atoms with Crippen LogP contribution in [0.1, 0.15) is 16.7 Å². The molecule has 2 rings (SSSR count). The van der Waals surface area contributed by atoms with Crippen LogP contribution in [0, 0.1) is 12.1 Å². The van der Waals surface area contributed by atoms with E-state index >= 15 is 0 Å². The Balaban J connectivity index is 2.59. The highest BCUT2D eigenvalue weighted by molar-refractivity contribution is 9.15. The van der Waals surface area contributed by atoms with E-state index in [-0.39, 0.29) is 5.06 Å². The monoisotopic (exact) mass is 273 g/mol. The van der Waals surface area contributed by atoms with E-state index in [1.165, 1.54) is 0 Å². The summed E-state index contributed by atoms with van der Waals surface area (Å²) in [5.41, 5.74) is 3.11. The Bertz CT molecular complexity index is 417. The molecule has 1 aliphatic rings. The summed E-state index contributed by atoms with van der Waals surface area (Å²) in [5.74, 6) is 0. The van der Waals surface area contributed by atoms with Gasteiger partial charge in [0, 0.05) is 16.1 Å². The van der Waals surface area contributed by atoms with E-state index in [0.717, 1.165) is 26.2 Å². The van der Waals surface area contributed by atoms with Crippen LogP contribution in [-0.2, 0) is 6.54 Å². The zero-order valence-corrected chi connectivity index (χ0v) is 9.95. The summed E-state index contributed by atoms with van der Waals surface area (Å²) < 4.78 is 0.850. The van der Waals surface area contributed by atoms with Gasteiger partial charge in [-0.15, -0.1) is 0 Å². The molecule has 0 aromatic heterocycles. The summed E-state index contributed by atoms with van der Waals surface area (Å²) in [6.07, 6.45) is 1.62. The van der Waals surface area contributed by atoms with Crippen molar-refractivity contribution in [3.05, 3.63) is 45.3 Å². The van der Waals surface area contributed by atoms with Gasteiger partial charge in [-0.05, 0) is 40.5 Å². The molecule has 1 aliphatic heterocycles. The zero-order chi connectivity index (χ0) is 10.3. The number of aryl methyl sites for hydroxylation is 1. The fourth-order valence-corrected chi connectivity index (χ4v) is 2.36. The van der Waals surface area contributed by atoms with Gasteiger partial charge in [-0.3, -0.25) is 0 Å². The summed E-state index contributed by atoms with van der Waals surface area (Å²) in [5, 5.41) is 12.1. The molecule has 1 aromatic rings. The number of fused-ring (bicyclic) bond motifs is 1. The second-order valence-electron chi connectivity index (χ2n) is 3.39. The second kappa shape index (κ2) is 3.66. The molecule has 0 spiro atoms. The van der Waals surface area contributed by atoms with Gasteiger partial charge in [-0.2, -0.15) is 0 Å². The van der Waals surface area contributed by atoms with Gasteiger partial charge in [-0.1, -0.05) is 11.6 Å². The number of hydrogen-bond donors (Lipinski definition) is 1. The SMILES string of the molecule is Cc1cc2c(cc1Cl)C[NH+]([O-])C=C2Br. The van der Waals surface area contributed by atoms with Gasteiger partial charge in [0.05, 0.1) is 4.48 Å². The van der Waals surface area contributed by atoms with E-state index in [1.807, 2.05) is 19.1 Å². The van der Waals surface area contributed by atoms with Crippen molar-refractivity contribution in [2.24, 2.45) is 0 Å². The van der Waals surface area contributed by atoms with Gasteiger partial charge < -0.3 is 10.3 Å². The first-order valence-electron chi connectivity index (χ1n) is 4.27. The van der Waals surface area contributed by atoms with Crippen LogP contribution >= 0.6 is 27.5 Å². The number of quaternary nitrogens is 1. The van der Waals surface area contributed by atoms with Gasteiger partial charge in [-0.25, -0.2) is 0 Å². The van der Waals surface area contributed by atoms with Crippen molar-refractivity contribution in [2.45, 2.75) is 13.5 Å². The molecule has 1 aromatic carbocycles. The standard InChI is InChI=1S/C10H9BrClNO/c1-6-2-8-7(3-10(6)12)4-13(14)5-9(8)11/h2-3,5,13H,4H2,1H3. The molecule has 0 radical (unpaired) electrons. The van der Waals surface area contributed by atoms with Crippen molar-refractivity contribution in [2.75, 3.05) is 0 Å². The molecule has 0 amide bonds. The topological polar surface area (TPSA) is 27.5 Å². The number of rotatable bonds is 0. The highest BCUT2D eigenvalue weighted by Crippen LogP contribution is 2.30. The fourth-order valence-electron chi connectivity index (χ4n) is 1.55. The van der Waals surface area contributed by atoms with Crippen LogP contribution in [0.25, 0.3) is 4.48 Å². The van der Waals surface area contributed by atoms with Crippen LogP contribution in [-0.4, -0.2) is 0 Å². The predicted octanol–water partition coefficient (Wildman–Crippen LogP) is 2.24. The number of nitrogens with one attached hydrogen (secondary N) is 1. The molecule has 74 valence electrons. The number of hydroxylamine groups is 2. The van der Waals surface area contributed by atoms with Gasteiger partial charge in [0.2, 0.25) is 0 Å². The number of benzene rings is 1. The average Bonchev–Trinajstić information content (AvgIpc) is 2.08. The number of halogens is 2. The summed E-state index contributed by atoms with van der Waals surface area (Å²) >= 11 is 9.38. The third kappa shape index (κ3) is 1.73. The Labute approximate surface area is 95.9 Å². The third-order valence-electron chi connectivity index (χ3n) is 2.29. The molecular formula is C10H9BrClNO. The summed E-state index contributed by atoms with van der Waals surface area (Å²) in [6, 6.07) is 3.88. The third-order valence-corrected chi connectivity index (χ3v) is 3.36. The second-order valence-corrected chi connectivity index (χ2v) is 4.66. The lowest BCUT2D eigenvalue weighted by molar-refractivity contribution is -0.806. The Morgan fingerprint density at radius 1 is 1.50 bits per heavy atom. The fraction of sp³-hybridized carbons (Fsp3) is 0.200. The van der Waals surface area contributed by atoms with Crippen molar-refractivity contribution >= 4 is 32.0 Å². The Morgan fingerprint density at radius 3 is 2.93 bits per heavy atom. The van der Waals surface area contributed by atoms with E-state index in [4.69, 9.17) is 11.6 Å². The summed E-state index contributed by atoms with van der Waals surface area (Å²) in [4.78, 5) is 0.